The third kappa shape index (κ3) is 2.55. The molecule has 0 saturated carbocycles. The highest BCUT2D eigenvalue weighted by Gasteiger charge is 2.07. The van der Waals surface area contributed by atoms with Gasteiger partial charge in [0.15, 0.2) is 0 Å². The number of pyridine rings is 1. The average molecular weight is 331 g/mol. The van der Waals surface area contributed by atoms with Gasteiger partial charge >= 0.3 is 0 Å². The molecule has 0 aliphatic rings. The topological polar surface area (TPSA) is 12.9 Å². The van der Waals surface area contributed by atoms with Gasteiger partial charge in [-0.15, -0.1) is 0 Å². The third-order valence-corrected chi connectivity index (χ3v) is 4.91. The number of benzene rings is 4. The smallest absolute Gasteiger partial charge is 0.0714 e. The molecule has 0 radical (unpaired) electrons. The molecule has 0 fully saturated rings. The van der Waals surface area contributed by atoms with Crippen LogP contribution in [0.3, 0.4) is 0 Å². The van der Waals surface area contributed by atoms with Crippen molar-refractivity contribution < 1.29 is 0 Å². The Hall–Kier alpha value is -3.45. The SMILES string of the molecule is c1ccc2cc(-c3ccnc(-c4cccc5ccccc45)c3)ccc2c1. The van der Waals surface area contributed by atoms with E-state index in [-0.39, 0.29) is 0 Å². The van der Waals surface area contributed by atoms with E-state index in [0.717, 1.165) is 5.69 Å². The molecule has 0 N–H and O–H groups in total. The van der Waals surface area contributed by atoms with Crippen molar-refractivity contribution in [3.8, 4) is 22.4 Å². The molecular weight excluding hydrogens is 314 g/mol. The molecule has 4 aromatic carbocycles. The van der Waals surface area contributed by atoms with Crippen LogP contribution in [0.25, 0.3) is 43.9 Å². The quantitative estimate of drug-likeness (QED) is 0.350. The Labute approximate surface area is 152 Å². The van der Waals surface area contributed by atoms with Crippen molar-refractivity contribution in [2.75, 3.05) is 0 Å². The molecule has 0 saturated heterocycles. The van der Waals surface area contributed by atoms with Gasteiger partial charge < -0.3 is 0 Å². The Kier molecular flexibility index (Phi) is 3.50. The number of fused-ring (bicyclic) bond motifs is 2. The highest BCUT2D eigenvalue weighted by Crippen LogP contribution is 2.31. The van der Waals surface area contributed by atoms with Gasteiger partial charge in [0.1, 0.15) is 0 Å². The number of hydrogen-bond acceptors (Lipinski definition) is 1. The summed E-state index contributed by atoms with van der Waals surface area (Å²) >= 11 is 0. The zero-order chi connectivity index (χ0) is 17.3. The van der Waals surface area contributed by atoms with Gasteiger partial charge in [-0.2, -0.15) is 0 Å². The highest BCUT2D eigenvalue weighted by molar-refractivity contribution is 5.96. The van der Waals surface area contributed by atoms with Gasteiger partial charge in [0.25, 0.3) is 0 Å². The normalized spacial score (nSPS) is 11.1. The van der Waals surface area contributed by atoms with Crippen LogP contribution in [0.1, 0.15) is 0 Å². The van der Waals surface area contributed by atoms with E-state index in [0.29, 0.717) is 0 Å². The zero-order valence-corrected chi connectivity index (χ0v) is 14.3. The van der Waals surface area contributed by atoms with Crippen LogP contribution in [-0.2, 0) is 0 Å². The minimum Gasteiger partial charge on any atom is -0.256 e. The molecule has 0 amide bonds. The predicted molar refractivity (Wildman–Crippen MR) is 110 cm³/mol. The number of hydrogen-bond donors (Lipinski definition) is 0. The Morgan fingerprint density at radius 1 is 0.500 bits per heavy atom. The maximum absolute atomic E-state index is 4.65. The van der Waals surface area contributed by atoms with E-state index in [4.69, 9.17) is 0 Å². The van der Waals surface area contributed by atoms with Crippen molar-refractivity contribution in [3.05, 3.63) is 103 Å². The summed E-state index contributed by atoms with van der Waals surface area (Å²) in [6, 6.07) is 34.2. The molecule has 0 aliphatic heterocycles. The summed E-state index contributed by atoms with van der Waals surface area (Å²) in [5.74, 6) is 0. The zero-order valence-electron chi connectivity index (χ0n) is 14.3. The largest absolute Gasteiger partial charge is 0.256 e. The molecule has 122 valence electrons. The summed E-state index contributed by atoms with van der Waals surface area (Å²) in [5, 5.41) is 4.99. The third-order valence-electron chi connectivity index (χ3n) is 4.91. The lowest BCUT2D eigenvalue weighted by Crippen LogP contribution is -1.87. The summed E-state index contributed by atoms with van der Waals surface area (Å²) in [6.07, 6.45) is 1.90. The van der Waals surface area contributed by atoms with Gasteiger partial charge in [-0.05, 0) is 50.9 Å². The maximum Gasteiger partial charge on any atom is 0.0714 e. The van der Waals surface area contributed by atoms with Crippen LogP contribution in [0.4, 0.5) is 0 Å². The molecule has 0 aliphatic carbocycles. The lowest BCUT2D eigenvalue weighted by Gasteiger charge is -2.09. The second-order valence-electron chi connectivity index (χ2n) is 6.52. The van der Waals surface area contributed by atoms with Crippen molar-refractivity contribution in [1.29, 1.82) is 0 Å². The number of rotatable bonds is 2. The summed E-state index contributed by atoms with van der Waals surface area (Å²) in [5.41, 5.74) is 4.58. The summed E-state index contributed by atoms with van der Waals surface area (Å²) in [7, 11) is 0. The van der Waals surface area contributed by atoms with Crippen LogP contribution in [0, 0.1) is 0 Å². The van der Waals surface area contributed by atoms with Crippen molar-refractivity contribution in [3.63, 3.8) is 0 Å². The van der Waals surface area contributed by atoms with Crippen LogP contribution in [0.15, 0.2) is 103 Å². The van der Waals surface area contributed by atoms with Gasteiger partial charge in [-0.1, -0.05) is 78.9 Å². The molecule has 0 spiro atoms. The van der Waals surface area contributed by atoms with E-state index in [1.165, 1.54) is 38.2 Å². The monoisotopic (exact) mass is 331 g/mol. The first-order valence-electron chi connectivity index (χ1n) is 8.82. The second kappa shape index (κ2) is 6.12. The van der Waals surface area contributed by atoms with Gasteiger partial charge in [0, 0.05) is 11.8 Å². The van der Waals surface area contributed by atoms with E-state index >= 15 is 0 Å². The highest BCUT2D eigenvalue weighted by atomic mass is 14.7. The van der Waals surface area contributed by atoms with E-state index in [9.17, 15) is 0 Å². The first kappa shape index (κ1) is 14.9. The molecule has 5 aromatic rings. The van der Waals surface area contributed by atoms with Crippen LogP contribution in [0.5, 0.6) is 0 Å². The summed E-state index contributed by atoms with van der Waals surface area (Å²) < 4.78 is 0. The Balaban J connectivity index is 1.66. The number of aromatic nitrogens is 1. The predicted octanol–water partition coefficient (Wildman–Crippen LogP) is 6.72. The number of nitrogens with zero attached hydrogens (tertiary/aromatic N) is 1. The first-order chi connectivity index (χ1) is 12.9. The molecule has 1 heteroatoms. The van der Waals surface area contributed by atoms with Crippen LogP contribution >= 0.6 is 0 Å². The van der Waals surface area contributed by atoms with Gasteiger partial charge in [0.05, 0.1) is 5.69 Å². The van der Waals surface area contributed by atoms with Gasteiger partial charge in [-0.25, -0.2) is 0 Å². The lowest BCUT2D eigenvalue weighted by atomic mass is 9.98. The minimum absolute atomic E-state index is 1.01. The Bertz CT molecular complexity index is 1230. The van der Waals surface area contributed by atoms with Crippen molar-refractivity contribution >= 4 is 21.5 Å². The fourth-order valence-corrected chi connectivity index (χ4v) is 3.58. The minimum atomic E-state index is 1.01. The molecule has 26 heavy (non-hydrogen) atoms. The Morgan fingerprint density at radius 3 is 2.15 bits per heavy atom. The summed E-state index contributed by atoms with van der Waals surface area (Å²) in [4.78, 5) is 4.65. The van der Waals surface area contributed by atoms with E-state index in [1.807, 2.05) is 6.20 Å². The van der Waals surface area contributed by atoms with Crippen LogP contribution in [0.2, 0.25) is 0 Å². The van der Waals surface area contributed by atoms with E-state index in [1.54, 1.807) is 0 Å². The summed E-state index contributed by atoms with van der Waals surface area (Å²) in [6.45, 7) is 0. The van der Waals surface area contributed by atoms with Gasteiger partial charge in [-0.3, -0.25) is 4.98 Å². The molecule has 1 nitrogen and oxygen atoms in total. The first-order valence-corrected chi connectivity index (χ1v) is 8.82. The average Bonchev–Trinajstić information content (AvgIpc) is 2.73. The van der Waals surface area contributed by atoms with Gasteiger partial charge in [0.2, 0.25) is 0 Å². The lowest BCUT2D eigenvalue weighted by molar-refractivity contribution is 1.33. The van der Waals surface area contributed by atoms with Crippen molar-refractivity contribution in [2.45, 2.75) is 0 Å². The molecule has 0 atom stereocenters. The fraction of sp³-hybridized carbons (Fsp3) is 0. The van der Waals surface area contributed by atoms with Crippen molar-refractivity contribution in [2.24, 2.45) is 0 Å². The van der Waals surface area contributed by atoms with Crippen LogP contribution in [-0.4, -0.2) is 4.98 Å². The molecule has 0 bridgehead atoms. The molecule has 0 unspecified atom stereocenters. The van der Waals surface area contributed by atoms with Crippen molar-refractivity contribution in [1.82, 2.24) is 4.98 Å². The second-order valence-corrected chi connectivity index (χ2v) is 6.52. The Morgan fingerprint density at radius 2 is 1.23 bits per heavy atom. The van der Waals surface area contributed by atoms with E-state index in [2.05, 4.69) is 102 Å². The molecular formula is C25H17N. The fourth-order valence-electron chi connectivity index (χ4n) is 3.58. The maximum atomic E-state index is 4.65. The van der Waals surface area contributed by atoms with Crippen LogP contribution < -0.4 is 0 Å². The molecule has 5 rings (SSSR count). The molecule has 1 heterocycles. The standard InChI is InChI=1S/C25H17N/c1-2-8-20-16-21(13-12-18(20)6-1)22-14-15-26-25(17-22)24-11-5-9-19-7-3-4-10-23(19)24/h1-17H. The molecule has 1 aromatic heterocycles. The van der Waals surface area contributed by atoms with E-state index < -0.39 is 0 Å².